The van der Waals surface area contributed by atoms with Gasteiger partial charge in [0.15, 0.2) is 6.29 Å². The number of sulfonamides is 1. The molecule has 3 atom stereocenters. The van der Waals surface area contributed by atoms with E-state index in [0.29, 0.717) is 56.9 Å². The van der Waals surface area contributed by atoms with Gasteiger partial charge in [-0.05, 0) is 61.5 Å². The maximum absolute atomic E-state index is 13.2. The van der Waals surface area contributed by atoms with E-state index in [4.69, 9.17) is 23.7 Å². The lowest BCUT2D eigenvalue weighted by molar-refractivity contribution is -0.0644. The first-order chi connectivity index (χ1) is 20.1. The van der Waals surface area contributed by atoms with Crippen molar-refractivity contribution in [3.63, 3.8) is 0 Å². The number of hydrogen-bond acceptors (Lipinski definition) is 9. The molecule has 0 saturated carbocycles. The molecule has 42 heavy (non-hydrogen) atoms. The minimum atomic E-state index is -3.77. The number of anilines is 1. The van der Waals surface area contributed by atoms with Crippen molar-refractivity contribution in [1.82, 2.24) is 0 Å². The summed E-state index contributed by atoms with van der Waals surface area (Å²) in [5.74, 6) is 0.902. The molecular formula is C30H30FNO9S. The normalized spacial score (nSPS) is 18.0. The third kappa shape index (κ3) is 6.32. The van der Waals surface area contributed by atoms with E-state index in [1.165, 1.54) is 28.6 Å². The number of furan rings is 1. The molecule has 1 aromatic heterocycles. The molecule has 0 spiro atoms. The van der Waals surface area contributed by atoms with Crippen LogP contribution in [0.4, 0.5) is 10.1 Å². The number of nitrogens with zero attached hydrogens (tertiary/aromatic N) is 1. The molecule has 0 unspecified atom stereocenters. The molecule has 2 heterocycles. The molecular weight excluding hydrogens is 569 g/mol. The summed E-state index contributed by atoms with van der Waals surface area (Å²) >= 11 is 0. The van der Waals surface area contributed by atoms with E-state index >= 15 is 0 Å². The van der Waals surface area contributed by atoms with Crippen molar-refractivity contribution < 1.29 is 46.4 Å². The number of rotatable bonds is 10. The van der Waals surface area contributed by atoms with Crippen LogP contribution in [0.5, 0.6) is 11.5 Å². The molecule has 4 aromatic rings. The fraction of sp³-hybridized carbons (Fsp3) is 0.300. The first-order valence-electron chi connectivity index (χ1n) is 13.2. The lowest BCUT2D eigenvalue weighted by Crippen LogP contribution is -2.39. The zero-order chi connectivity index (χ0) is 30.0. The summed E-state index contributed by atoms with van der Waals surface area (Å²) in [6.07, 6.45) is -0.525. The maximum Gasteiger partial charge on any atom is 0.232 e. The number of carbonyl (C=O) groups excluding carboxylic acids is 1. The van der Waals surface area contributed by atoms with Crippen molar-refractivity contribution in [1.29, 1.82) is 0 Å². The SMILES string of the molecule is C[C@@H]1O[C@H](COC[C@@H](O)CO)CN(S(C)(=O)=O)c2cc3oc(-c4ccc(Oc5ccc(F)cc5)cc4)c(C=O)c3cc21. The van der Waals surface area contributed by atoms with Crippen molar-refractivity contribution in [2.45, 2.75) is 25.2 Å². The maximum atomic E-state index is 13.2. The second-order valence-electron chi connectivity index (χ2n) is 10.0. The predicted molar refractivity (Wildman–Crippen MR) is 153 cm³/mol. The number of aliphatic hydroxyl groups excluding tert-OH is 2. The van der Waals surface area contributed by atoms with Crippen LogP contribution in [0.1, 0.15) is 28.9 Å². The van der Waals surface area contributed by atoms with Crippen molar-refractivity contribution in [2.75, 3.05) is 36.9 Å². The topological polar surface area (TPSA) is 136 Å². The summed E-state index contributed by atoms with van der Waals surface area (Å²) in [6, 6.07) is 15.7. The number of aliphatic hydroxyl groups is 2. The van der Waals surface area contributed by atoms with Crippen molar-refractivity contribution in [3.8, 4) is 22.8 Å². The van der Waals surface area contributed by atoms with Gasteiger partial charge < -0.3 is 28.8 Å². The molecule has 12 heteroatoms. The molecule has 1 aliphatic rings. The van der Waals surface area contributed by atoms with Crippen molar-refractivity contribution in [3.05, 3.63) is 77.6 Å². The largest absolute Gasteiger partial charge is 0.457 e. The Bertz CT molecular complexity index is 1670. The number of hydrogen-bond donors (Lipinski definition) is 2. The second-order valence-corrected chi connectivity index (χ2v) is 11.9. The van der Waals surface area contributed by atoms with Gasteiger partial charge in [-0.15, -0.1) is 0 Å². The van der Waals surface area contributed by atoms with Crippen LogP contribution in [0.3, 0.4) is 0 Å². The van der Waals surface area contributed by atoms with Gasteiger partial charge in [-0.3, -0.25) is 9.10 Å². The van der Waals surface area contributed by atoms with E-state index in [2.05, 4.69) is 0 Å². The average molecular weight is 600 g/mol. The highest BCUT2D eigenvalue weighted by Crippen LogP contribution is 2.42. The quantitative estimate of drug-likeness (QED) is 0.254. The highest BCUT2D eigenvalue weighted by molar-refractivity contribution is 7.92. The first-order valence-corrected chi connectivity index (χ1v) is 15.0. The standard InChI is InChI=1S/C30H30FNO9S/c1-18-25-11-26-27(15-34)30(19-3-7-22(8-4-19)40-23-9-5-20(31)6-10-23)41-29(26)12-28(25)32(42(2,36)37)13-24(39-18)17-38-16-21(35)14-33/h3-12,15,18,21,24,33,35H,13-14,16-17H2,1-2H3/t18-,21-,24-/m0/s1. The number of benzene rings is 3. The van der Waals surface area contributed by atoms with Gasteiger partial charge >= 0.3 is 0 Å². The third-order valence-electron chi connectivity index (χ3n) is 6.86. The van der Waals surface area contributed by atoms with Crippen LogP contribution < -0.4 is 9.04 Å². The summed E-state index contributed by atoms with van der Waals surface area (Å²) < 4.78 is 63.6. The molecule has 0 radical (unpaired) electrons. The van der Waals surface area contributed by atoms with Gasteiger partial charge in [0.2, 0.25) is 10.0 Å². The van der Waals surface area contributed by atoms with E-state index in [0.717, 1.165) is 6.26 Å². The number of fused-ring (bicyclic) bond motifs is 2. The molecule has 222 valence electrons. The van der Waals surface area contributed by atoms with Crippen LogP contribution in [0, 0.1) is 5.82 Å². The Balaban J connectivity index is 1.48. The fourth-order valence-electron chi connectivity index (χ4n) is 4.84. The monoisotopic (exact) mass is 599 g/mol. The molecule has 1 aliphatic heterocycles. The molecule has 5 rings (SSSR count). The molecule has 0 saturated heterocycles. The molecule has 0 aliphatic carbocycles. The Morgan fingerprint density at radius 2 is 1.79 bits per heavy atom. The van der Waals surface area contributed by atoms with Gasteiger partial charge in [-0.1, -0.05) is 0 Å². The Hall–Kier alpha value is -3.81. The lowest BCUT2D eigenvalue weighted by Gasteiger charge is -2.25. The molecule has 0 amide bonds. The number of halogens is 1. The second kappa shape index (κ2) is 12.2. The molecule has 2 N–H and O–H groups in total. The van der Waals surface area contributed by atoms with Gasteiger partial charge in [-0.2, -0.15) is 0 Å². The molecule has 10 nitrogen and oxygen atoms in total. The summed E-state index contributed by atoms with van der Waals surface area (Å²) in [4.78, 5) is 12.3. The van der Waals surface area contributed by atoms with E-state index in [1.807, 2.05) is 0 Å². The van der Waals surface area contributed by atoms with E-state index in [-0.39, 0.29) is 25.6 Å². The number of carbonyl (C=O) groups is 1. The highest BCUT2D eigenvalue weighted by Gasteiger charge is 2.33. The average Bonchev–Trinajstić information content (AvgIpc) is 3.26. The third-order valence-corrected chi connectivity index (χ3v) is 8.00. The number of aldehydes is 1. The van der Waals surface area contributed by atoms with Crippen molar-refractivity contribution >= 4 is 33.0 Å². The van der Waals surface area contributed by atoms with Crippen molar-refractivity contribution in [2.24, 2.45) is 0 Å². The zero-order valence-corrected chi connectivity index (χ0v) is 23.7. The summed E-state index contributed by atoms with van der Waals surface area (Å²) in [5, 5.41) is 19.1. The van der Waals surface area contributed by atoms with Crippen LogP contribution in [-0.4, -0.2) is 69.7 Å². The molecule has 0 fully saturated rings. The van der Waals surface area contributed by atoms with Gasteiger partial charge in [0, 0.05) is 22.6 Å². The number of ether oxygens (including phenoxy) is 3. The summed E-state index contributed by atoms with van der Waals surface area (Å²) in [6.45, 7) is 1.11. The van der Waals surface area contributed by atoms with Crippen LogP contribution >= 0.6 is 0 Å². The Labute approximate surface area is 241 Å². The molecule has 3 aromatic carbocycles. The van der Waals surface area contributed by atoms with E-state index in [1.54, 1.807) is 43.3 Å². The first kappa shape index (κ1) is 29.7. The Morgan fingerprint density at radius 3 is 2.40 bits per heavy atom. The van der Waals surface area contributed by atoms with Gasteiger partial charge in [0.1, 0.15) is 40.9 Å². The molecule has 0 bridgehead atoms. The van der Waals surface area contributed by atoms with E-state index in [9.17, 15) is 22.7 Å². The van der Waals surface area contributed by atoms with Gasteiger partial charge in [-0.25, -0.2) is 12.8 Å². The van der Waals surface area contributed by atoms with Crippen LogP contribution in [0.25, 0.3) is 22.3 Å². The minimum absolute atomic E-state index is 0.0118. The van der Waals surface area contributed by atoms with E-state index < -0.39 is 34.9 Å². The Morgan fingerprint density at radius 1 is 1.12 bits per heavy atom. The van der Waals surface area contributed by atoms with Gasteiger partial charge in [0.05, 0.1) is 50.0 Å². The fourth-order valence-corrected chi connectivity index (χ4v) is 5.79. The highest BCUT2D eigenvalue weighted by atomic mass is 32.2. The minimum Gasteiger partial charge on any atom is -0.457 e. The predicted octanol–water partition coefficient (Wildman–Crippen LogP) is 4.44. The summed E-state index contributed by atoms with van der Waals surface area (Å²) in [7, 11) is -3.77. The Kier molecular flexibility index (Phi) is 8.62. The van der Waals surface area contributed by atoms with Gasteiger partial charge in [0.25, 0.3) is 0 Å². The van der Waals surface area contributed by atoms with Crippen LogP contribution in [0.15, 0.2) is 65.1 Å². The zero-order valence-electron chi connectivity index (χ0n) is 22.9. The summed E-state index contributed by atoms with van der Waals surface area (Å²) in [5.41, 5.74) is 2.11. The lowest BCUT2D eigenvalue weighted by atomic mass is 10.0. The smallest absolute Gasteiger partial charge is 0.232 e. The van der Waals surface area contributed by atoms with Crippen LogP contribution in [-0.2, 0) is 19.5 Å². The van der Waals surface area contributed by atoms with Crippen LogP contribution in [0.2, 0.25) is 0 Å².